The molecule has 1 saturated heterocycles. The van der Waals surface area contributed by atoms with Gasteiger partial charge in [0.05, 0.1) is 5.75 Å². The summed E-state index contributed by atoms with van der Waals surface area (Å²) in [5.41, 5.74) is 3.10. The molecule has 0 aromatic heterocycles. The van der Waals surface area contributed by atoms with Crippen LogP contribution in [0.1, 0.15) is 17.5 Å². The van der Waals surface area contributed by atoms with E-state index in [9.17, 15) is 13.2 Å². The fourth-order valence-electron chi connectivity index (χ4n) is 2.31. The van der Waals surface area contributed by atoms with Gasteiger partial charge in [0.25, 0.3) is 5.91 Å². The highest BCUT2D eigenvalue weighted by Gasteiger charge is 2.30. The fraction of sp³-hybridized carbons (Fsp3) is 0.500. The van der Waals surface area contributed by atoms with Gasteiger partial charge in [-0.05, 0) is 37.1 Å². The number of nitrogens with two attached hydrogens (primary N) is 1. The molecule has 110 valence electrons. The Kier molecular flexibility index (Phi) is 4.45. The molecule has 1 aromatic carbocycles. The van der Waals surface area contributed by atoms with Crippen molar-refractivity contribution >= 4 is 21.4 Å². The van der Waals surface area contributed by atoms with Crippen molar-refractivity contribution in [2.45, 2.75) is 26.3 Å². The number of carbonyl (C=O) groups is 1. The molecule has 1 atom stereocenters. The number of aryl methyl sites for hydroxylation is 2. The van der Waals surface area contributed by atoms with Gasteiger partial charge < -0.3 is 10.6 Å². The lowest BCUT2D eigenvalue weighted by atomic mass is 10.1. The maximum Gasteiger partial charge on any atom is 0.279 e. The summed E-state index contributed by atoms with van der Waals surface area (Å²) in [6, 6.07) is 5.80. The van der Waals surface area contributed by atoms with Crippen LogP contribution in [0.5, 0.6) is 0 Å². The number of anilines is 1. The normalized spacial score (nSPS) is 20.8. The Bertz CT molecular complexity index is 611. The average Bonchev–Trinajstić information content (AvgIpc) is 2.71. The van der Waals surface area contributed by atoms with Gasteiger partial charge in [0.2, 0.25) is 0 Å². The van der Waals surface area contributed by atoms with Gasteiger partial charge in [-0.1, -0.05) is 6.07 Å². The molecule has 3 N–H and O–H groups in total. The molecule has 0 radical (unpaired) electrons. The van der Waals surface area contributed by atoms with Crippen molar-refractivity contribution in [3.63, 3.8) is 0 Å². The smallest absolute Gasteiger partial charge is 0.279 e. The molecule has 0 saturated carbocycles. The first-order valence-electron chi connectivity index (χ1n) is 6.76. The lowest BCUT2D eigenvalue weighted by Gasteiger charge is -2.09. The van der Waals surface area contributed by atoms with Crippen molar-refractivity contribution in [2.75, 3.05) is 23.4 Å². The molecule has 1 aliphatic heterocycles. The molecule has 2 rings (SSSR count). The van der Waals surface area contributed by atoms with Gasteiger partial charge in [0.15, 0.2) is 16.4 Å². The van der Waals surface area contributed by atoms with Crippen LogP contribution in [0.2, 0.25) is 0 Å². The first-order chi connectivity index (χ1) is 9.35. The minimum atomic E-state index is -2.88. The van der Waals surface area contributed by atoms with Gasteiger partial charge in [-0.25, -0.2) is 8.42 Å². The predicted molar refractivity (Wildman–Crippen MR) is 78.4 cm³/mol. The molecule has 5 nitrogen and oxygen atoms in total. The lowest BCUT2D eigenvalue weighted by molar-refractivity contribution is -0.673. The number of hydrogen-bond acceptors (Lipinski definition) is 3. The zero-order valence-corrected chi connectivity index (χ0v) is 12.7. The van der Waals surface area contributed by atoms with Crippen molar-refractivity contribution < 1.29 is 18.5 Å². The van der Waals surface area contributed by atoms with Crippen molar-refractivity contribution in [3.8, 4) is 0 Å². The summed E-state index contributed by atoms with van der Waals surface area (Å²) in [5, 5.41) is 4.66. The third-order valence-corrected chi connectivity index (χ3v) is 5.49. The van der Waals surface area contributed by atoms with Gasteiger partial charge in [-0.2, -0.15) is 0 Å². The van der Waals surface area contributed by atoms with E-state index in [1.807, 2.05) is 37.4 Å². The minimum absolute atomic E-state index is 0.0190. The molecule has 1 heterocycles. The Balaban J connectivity index is 1.82. The number of quaternary nitrogens is 1. The summed E-state index contributed by atoms with van der Waals surface area (Å²) >= 11 is 0. The number of amides is 1. The van der Waals surface area contributed by atoms with E-state index in [1.165, 1.54) is 5.56 Å². The highest BCUT2D eigenvalue weighted by Crippen LogP contribution is 2.13. The third kappa shape index (κ3) is 4.05. The Labute approximate surface area is 119 Å². The Morgan fingerprint density at radius 2 is 2.10 bits per heavy atom. The second-order valence-electron chi connectivity index (χ2n) is 5.45. The number of nitrogens with one attached hydrogen (secondary N) is 1. The largest absolute Gasteiger partial charge is 0.335 e. The van der Waals surface area contributed by atoms with E-state index >= 15 is 0 Å². The number of benzene rings is 1. The summed E-state index contributed by atoms with van der Waals surface area (Å²) in [4.78, 5) is 11.8. The summed E-state index contributed by atoms with van der Waals surface area (Å²) in [7, 11) is -2.88. The zero-order valence-electron chi connectivity index (χ0n) is 11.8. The van der Waals surface area contributed by atoms with Crippen molar-refractivity contribution in [2.24, 2.45) is 0 Å². The monoisotopic (exact) mass is 297 g/mol. The molecule has 0 unspecified atom stereocenters. The first-order valence-corrected chi connectivity index (χ1v) is 8.59. The molecule has 0 bridgehead atoms. The number of rotatable bonds is 4. The van der Waals surface area contributed by atoms with E-state index in [4.69, 9.17) is 0 Å². The molecule has 0 aliphatic carbocycles. The fourth-order valence-corrected chi connectivity index (χ4v) is 4.10. The summed E-state index contributed by atoms with van der Waals surface area (Å²) < 4.78 is 22.7. The van der Waals surface area contributed by atoms with E-state index in [-0.39, 0.29) is 30.0 Å². The molecule has 0 spiro atoms. The van der Waals surface area contributed by atoms with E-state index in [2.05, 4.69) is 5.32 Å². The molecular formula is C14H21N2O3S+. The van der Waals surface area contributed by atoms with Crippen molar-refractivity contribution in [1.29, 1.82) is 0 Å². The number of carbonyl (C=O) groups excluding carboxylic acids is 1. The van der Waals surface area contributed by atoms with Crippen LogP contribution < -0.4 is 10.6 Å². The van der Waals surface area contributed by atoms with Crippen LogP contribution in [0.15, 0.2) is 18.2 Å². The highest BCUT2D eigenvalue weighted by atomic mass is 32.2. The van der Waals surface area contributed by atoms with Crippen LogP contribution in [0.25, 0.3) is 0 Å². The van der Waals surface area contributed by atoms with Gasteiger partial charge >= 0.3 is 0 Å². The number of sulfone groups is 1. The maximum atomic E-state index is 11.8. The quantitative estimate of drug-likeness (QED) is 0.820. The lowest BCUT2D eigenvalue weighted by Crippen LogP contribution is -2.92. The summed E-state index contributed by atoms with van der Waals surface area (Å²) in [6.07, 6.45) is 0.638. The standard InChI is InChI=1S/C14H20N2O3S/c1-10-3-4-12(7-11(10)2)16-14(17)8-15-13-5-6-20(18,19)9-13/h3-4,7,13,15H,5-6,8-9H2,1-2H3,(H,16,17)/p+1/t13-/m0/s1. The highest BCUT2D eigenvalue weighted by molar-refractivity contribution is 7.91. The molecular weight excluding hydrogens is 276 g/mol. The Hall–Kier alpha value is -1.40. The molecule has 1 amide bonds. The van der Waals surface area contributed by atoms with E-state index in [0.717, 1.165) is 11.3 Å². The average molecular weight is 297 g/mol. The van der Waals surface area contributed by atoms with Crippen molar-refractivity contribution in [3.05, 3.63) is 29.3 Å². The first kappa shape index (κ1) is 15.0. The number of hydrogen-bond donors (Lipinski definition) is 2. The maximum absolute atomic E-state index is 11.8. The van der Waals surface area contributed by atoms with Gasteiger partial charge in [0, 0.05) is 12.1 Å². The Morgan fingerprint density at radius 1 is 1.35 bits per heavy atom. The van der Waals surface area contributed by atoms with Gasteiger partial charge in [-0.3, -0.25) is 4.79 Å². The molecule has 6 heteroatoms. The van der Waals surface area contributed by atoms with Gasteiger partial charge in [-0.15, -0.1) is 0 Å². The van der Waals surface area contributed by atoms with Gasteiger partial charge in [0.1, 0.15) is 11.8 Å². The van der Waals surface area contributed by atoms with Crippen LogP contribution in [-0.2, 0) is 14.6 Å². The van der Waals surface area contributed by atoms with Crippen LogP contribution in [-0.4, -0.2) is 38.4 Å². The third-order valence-electron chi connectivity index (χ3n) is 3.69. The molecule has 20 heavy (non-hydrogen) atoms. The van der Waals surface area contributed by atoms with Crippen LogP contribution in [0.4, 0.5) is 5.69 Å². The van der Waals surface area contributed by atoms with Crippen LogP contribution >= 0.6 is 0 Å². The molecule has 1 aliphatic rings. The van der Waals surface area contributed by atoms with E-state index in [1.54, 1.807) is 0 Å². The topological polar surface area (TPSA) is 79.8 Å². The predicted octanol–water partition coefficient (Wildman–Crippen LogP) is -0.00756. The summed E-state index contributed by atoms with van der Waals surface area (Å²) in [6.45, 7) is 4.28. The van der Waals surface area contributed by atoms with Crippen LogP contribution in [0, 0.1) is 13.8 Å². The van der Waals surface area contributed by atoms with Crippen LogP contribution in [0.3, 0.4) is 0 Å². The summed E-state index contributed by atoms with van der Waals surface area (Å²) in [5.74, 6) is 0.328. The molecule has 1 fully saturated rings. The molecule has 1 aromatic rings. The Morgan fingerprint density at radius 3 is 2.70 bits per heavy atom. The van der Waals surface area contributed by atoms with E-state index < -0.39 is 9.84 Å². The van der Waals surface area contributed by atoms with Crippen molar-refractivity contribution in [1.82, 2.24) is 0 Å². The second kappa shape index (κ2) is 5.93. The minimum Gasteiger partial charge on any atom is -0.335 e. The zero-order chi connectivity index (χ0) is 14.8. The SMILES string of the molecule is Cc1ccc(NC(=O)C[NH2+][C@H]2CCS(=O)(=O)C2)cc1C. The second-order valence-corrected chi connectivity index (χ2v) is 7.68. The van der Waals surface area contributed by atoms with E-state index in [0.29, 0.717) is 6.42 Å².